The van der Waals surface area contributed by atoms with Gasteiger partial charge in [-0.1, -0.05) is 6.92 Å². The van der Waals surface area contributed by atoms with Crippen LogP contribution in [0.1, 0.15) is 13.8 Å². The summed E-state index contributed by atoms with van der Waals surface area (Å²) in [6.45, 7) is 5.53. The maximum absolute atomic E-state index is 8.65. The Labute approximate surface area is 68.0 Å². The smallest absolute Gasteiger partial charge is 0.0666 e. The summed E-state index contributed by atoms with van der Waals surface area (Å²) in [6, 6.07) is 2.13. The fraction of sp³-hybridized carbons (Fsp3) is 0.875. The number of rotatable bonds is 5. The lowest BCUT2D eigenvalue weighted by Gasteiger charge is -2.09. The van der Waals surface area contributed by atoms with E-state index in [9.17, 15) is 0 Å². The van der Waals surface area contributed by atoms with Crippen molar-refractivity contribution in [2.45, 2.75) is 13.8 Å². The molecule has 2 atom stereocenters. The van der Waals surface area contributed by atoms with Crippen molar-refractivity contribution in [3.8, 4) is 6.07 Å². The molecule has 0 fully saturated rings. The maximum Gasteiger partial charge on any atom is 0.0666 e. The Morgan fingerprint density at radius 3 is 2.55 bits per heavy atom. The molecular weight excluding hydrogens is 140 g/mol. The van der Waals surface area contributed by atoms with E-state index >= 15 is 0 Å². The van der Waals surface area contributed by atoms with E-state index < -0.39 is 0 Å². The molecule has 0 aromatic carbocycles. The van der Waals surface area contributed by atoms with E-state index in [-0.39, 0.29) is 18.4 Å². The van der Waals surface area contributed by atoms with Crippen molar-refractivity contribution in [1.29, 1.82) is 5.26 Å². The van der Waals surface area contributed by atoms with Gasteiger partial charge in [-0.3, -0.25) is 0 Å². The van der Waals surface area contributed by atoms with Crippen molar-refractivity contribution in [3.05, 3.63) is 0 Å². The summed E-state index contributed by atoms with van der Waals surface area (Å²) in [4.78, 5) is 0. The molecule has 0 amide bonds. The molecule has 3 heteroatoms. The molecule has 0 saturated heterocycles. The van der Waals surface area contributed by atoms with Gasteiger partial charge >= 0.3 is 0 Å². The van der Waals surface area contributed by atoms with E-state index in [1.165, 1.54) is 0 Å². The topological polar surface area (TPSA) is 56.0 Å². The van der Waals surface area contributed by atoms with E-state index in [0.717, 1.165) is 6.54 Å². The number of aliphatic hydroxyl groups is 1. The van der Waals surface area contributed by atoms with E-state index in [1.807, 2.05) is 13.8 Å². The highest BCUT2D eigenvalue weighted by Gasteiger charge is 2.01. The Bertz CT molecular complexity index is 131. The average molecular weight is 156 g/mol. The van der Waals surface area contributed by atoms with Gasteiger partial charge < -0.3 is 10.4 Å². The third-order valence-electron chi connectivity index (χ3n) is 1.48. The zero-order valence-corrected chi connectivity index (χ0v) is 7.17. The highest BCUT2D eigenvalue weighted by Crippen LogP contribution is 1.91. The van der Waals surface area contributed by atoms with Crippen molar-refractivity contribution in [1.82, 2.24) is 5.32 Å². The summed E-state index contributed by atoms with van der Waals surface area (Å²) < 4.78 is 0. The van der Waals surface area contributed by atoms with E-state index in [0.29, 0.717) is 6.54 Å². The minimum absolute atomic E-state index is 0.0564. The Morgan fingerprint density at radius 1 is 1.45 bits per heavy atom. The second kappa shape index (κ2) is 6.14. The SMILES string of the molecule is CC(C#N)CNCC(C)CO. The van der Waals surface area contributed by atoms with Crippen LogP contribution in [0.5, 0.6) is 0 Å². The molecule has 0 saturated carbocycles. The lowest BCUT2D eigenvalue weighted by molar-refractivity contribution is 0.233. The van der Waals surface area contributed by atoms with Gasteiger partial charge in [0.05, 0.1) is 12.0 Å². The first-order valence-electron chi connectivity index (χ1n) is 3.92. The van der Waals surface area contributed by atoms with Gasteiger partial charge in [-0.2, -0.15) is 5.26 Å². The largest absolute Gasteiger partial charge is 0.396 e. The Hall–Kier alpha value is -0.590. The van der Waals surface area contributed by atoms with Crippen molar-refractivity contribution in [3.63, 3.8) is 0 Å². The molecule has 0 aromatic rings. The predicted molar refractivity (Wildman–Crippen MR) is 43.9 cm³/mol. The zero-order valence-electron chi connectivity index (χ0n) is 7.17. The first kappa shape index (κ1) is 10.4. The van der Waals surface area contributed by atoms with Crippen LogP contribution in [0.25, 0.3) is 0 Å². The van der Waals surface area contributed by atoms with Gasteiger partial charge in [0, 0.05) is 13.2 Å². The van der Waals surface area contributed by atoms with Crippen LogP contribution in [0.15, 0.2) is 0 Å². The Balaban J connectivity index is 3.21. The molecule has 0 radical (unpaired) electrons. The minimum atomic E-state index is 0.0564. The number of nitrogens with one attached hydrogen (secondary N) is 1. The molecule has 0 aliphatic carbocycles. The van der Waals surface area contributed by atoms with Crippen molar-refractivity contribution < 1.29 is 5.11 Å². The van der Waals surface area contributed by atoms with Gasteiger partial charge in [0.2, 0.25) is 0 Å². The second-order valence-corrected chi connectivity index (χ2v) is 2.98. The third kappa shape index (κ3) is 5.84. The van der Waals surface area contributed by atoms with Crippen molar-refractivity contribution in [2.24, 2.45) is 11.8 Å². The van der Waals surface area contributed by atoms with Gasteiger partial charge in [-0.15, -0.1) is 0 Å². The molecule has 0 aliphatic heterocycles. The van der Waals surface area contributed by atoms with Crippen LogP contribution >= 0.6 is 0 Å². The molecule has 3 nitrogen and oxygen atoms in total. The minimum Gasteiger partial charge on any atom is -0.396 e. The molecule has 2 unspecified atom stereocenters. The lowest BCUT2D eigenvalue weighted by atomic mass is 10.2. The highest BCUT2D eigenvalue weighted by molar-refractivity contribution is 4.80. The average Bonchev–Trinajstić information content (AvgIpc) is 2.04. The third-order valence-corrected chi connectivity index (χ3v) is 1.48. The van der Waals surface area contributed by atoms with Crippen LogP contribution in [0.4, 0.5) is 0 Å². The molecule has 0 spiro atoms. The summed E-state index contributed by atoms with van der Waals surface area (Å²) in [5.41, 5.74) is 0. The standard InChI is InChI=1S/C8H16N2O/c1-7(3-9)4-10-5-8(2)6-11/h7-8,10-11H,4-6H2,1-2H3. The van der Waals surface area contributed by atoms with Crippen molar-refractivity contribution >= 4 is 0 Å². The van der Waals surface area contributed by atoms with Crippen LogP contribution in [0, 0.1) is 23.2 Å². The fourth-order valence-electron chi connectivity index (χ4n) is 0.656. The van der Waals surface area contributed by atoms with Crippen LogP contribution in [-0.2, 0) is 0 Å². The Morgan fingerprint density at radius 2 is 2.09 bits per heavy atom. The number of hydrogen-bond donors (Lipinski definition) is 2. The molecule has 0 heterocycles. The Kier molecular flexibility index (Phi) is 5.81. The number of hydrogen-bond acceptors (Lipinski definition) is 3. The molecule has 0 aromatic heterocycles. The molecule has 0 bridgehead atoms. The highest BCUT2D eigenvalue weighted by atomic mass is 16.3. The summed E-state index contributed by atoms with van der Waals surface area (Å²) in [6.07, 6.45) is 0. The molecule has 11 heavy (non-hydrogen) atoms. The molecule has 64 valence electrons. The van der Waals surface area contributed by atoms with E-state index in [4.69, 9.17) is 10.4 Å². The normalized spacial score (nSPS) is 15.5. The fourth-order valence-corrected chi connectivity index (χ4v) is 0.656. The first-order valence-corrected chi connectivity index (χ1v) is 3.92. The van der Waals surface area contributed by atoms with E-state index in [2.05, 4.69) is 11.4 Å². The summed E-state index contributed by atoms with van der Waals surface area (Å²) in [5.74, 6) is 0.335. The quantitative estimate of drug-likeness (QED) is 0.604. The van der Waals surface area contributed by atoms with Gasteiger partial charge in [0.15, 0.2) is 0 Å². The summed E-state index contributed by atoms with van der Waals surface area (Å²) in [5, 5.41) is 20.2. The summed E-state index contributed by atoms with van der Waals surface area (Å²) >= 11 is 0. The predicted octanol–water partition coefficient (Wildman–Crippen LogP) is 0.364. The van der Waals surface area contributed by atoms with Crippen LogP contribution in [-0.4, -0.2) is 24.8 Å². The number of nitrogens with zero attached hydrogens (tertiary/aromatic N) is 1. The maximum atomic E-state index is 8.65. The zero-order chi connectivity index (χ0) is 8.69. The van der Waals surface area contributed by atoms with Crippen LogP contribution in [0.2, 0.25) is 0 Å². The van der Waals surface area contributed by atoms with E-state index in [1.54, 1.807) is 0 Å². The monoisotopic (exact) mass is 156 g/mol. The van der Waals surface area contributed by atoms with Gasteiger partial charge in [-0.05, 0) is 19.4 Å². The first-order chi connectivity index (χ1) is 5.20. The molecule has 2 N–H and O–H groups in total. The van der Waals surface area contributed by atoms with Gasteiger partial charge in [-0.25, -0.2) is 0 Å². The number of aliphatic hydroxyl groups excluding tert-OH is 1. The molecule has 0 rings (SSSR count). The van der Waals surface area contributed by atoms with Gasteiger partial charge in [0.25, 0.3) is 0 Å². The second-order valence-electron chi connectivity index (χ2n) is 2.98. The van der Waals surface area contributed by atoms with Crippen LogP contribution < -0.4 is 5.32 Å². The lowest BCUT2D eigenvalue weighted by Crippen LogP contribution is -2.27. The molecule has 0 aliphatic rings. The van der Waals surface area contributed by atoms with Crippen LogP contribution in [0.3, 0.4) is 0 Å². The van der Waals surface area contributed by atoms with Gasteiger partial charge in [0.1, 0.15) is 0 Å². The summed E-state index contributed by atoms with van der Waals surface area (Å²) in [7, 11) is 0. The number of nitriles is 1. The molecular formula is C8H16N2O. The van der Waals surface area contributed by atoms with Crippen molar-refractivity contribution in [2.75, 3.05) is 19.7 Å².